The third kappa shape index (κ3) is 2.66. The number of imidazole rings is 1. The Kier molecular flexibility index (Phi) is 4.17. The van der Waals surface area contributed by atoms with Crippen LogP contribution in [0, 0.1) is 5.92 Å². The molecule has 7 heteroatoms. The second-order valence-electron chi connectivity index (χ2n) is 5.28. The molecule has 0 amide bonds. The average molecular weight is 373 g/mol. The fourth-order valence-corrected chi connectivity index (χ4v) is 3.99. The van der Waals surface area contributed by atoms with Gasteiger partial charge in [0.1, 0.15) is 15.9 Å². The number of esters is 1. The Bertz CT molecular complexity index is 688. The Morgan fingerprint density at radius 2 is 2.33 bits per heavy atom. The Morgan fingerprint density at radius 3 is 3.10 bits per heavy atom. The van der Waals surface area contributed by atoms with Gasteiger partial charge in [0, 0.05) is 18.3 Å². The molecule has 2 aromatic heterocycles. The molecule has 2 unspecified atom stereocenters. The minimum Gasteiger partial charge on any atom is -0.469 e. The number of carbonyl (C=O) groups excluding carboxylic acids is 1. The van der Waals surface area contributed by atoms with Gasteiger partial charge in [-0.2, -0.15) is 0 Å². The lowest BCUT2D eigenvalue weighted by Gasteiger charge is -2.26. The molecule has 2 atom stereocenters. The summed E-state index contributed by atoms with van der Waals surface area (Å²) in [5.41, 5.74) is 0.773. The molecule has 5 nitrogen and oxygen atoms in total. The number of fused-ring (bicyclic) bond motifs is 1. The van der Waals surface area contributed by atoms with Gasteiger partial charge in [-0.15, -0.1) is 0 Å². The number of rotatable bonds is 2. The second-order valence-corrected chi connectivity index (χ2v) is 6.39. The first kappa shape index (κ1) is 14.8. The van der Waals surface area contributed by atoms with Crippen molar-refractivity contribution in [1.82, 2.24) is 14.4 Å². The molecule has 0 N–H and O–H groups in total. The van der Waals surface area contributed by atoms with Crippen molar-refractivity contribution < 1.29 is 9.53 Å². The van der Waals surface area contributed by atoms with E-state index in [4.69, 9.17) is 16.3 Å². The van der Waals surface area contributed by atoms with Crippen molar-refractivity contribution in [3.05, 3.63) is 28.0 Å². The van der Waals surface area contributed by atoms with Crippen molar-refractivity contribution in [1.29, 1.82) is 0 Å². The van der Waals surface area contributed by atoms with Crippen LogP contribution in [0.5, 0.6) is 0 Å². The summed E-state index contributed by atoms with van der Waals surface area (Å²) in [7, 11) is 1.44. The van der Waals surface area contributed by atoms with E-state index in [2.05, 4.69) is 25.9 Å². The molecular formula is C14H15BrClN3O2. The van der Waals surface area contributed by atoms with Crippen LogP contribution >= 0.6 is 27.5 Å². The number of aromatic nitrogens is 3. The summed E-state index contributed by atoms with van der Waals surface area (Å²) in [6, 6.07) is 0. The fourth-order valence-electron chi connectivity index (χ4n) is 3.08. The molecule has 3 rings (SSSR count). The number of halogens is 2. The van der Waals surface area contributed by atoms with E-state index in [0.29, 0.717) is 9.76 Å². The van der Waals surface area contributed by atoms with Crippen molar-refractivity contribution in [3.8, 4) is 0 Å². The van der Waals surface area contributed by atoms with Crippen LogP contribution in [0.3, 0.4) is 0 Å². The van der Waals surface area contributed by atoms with Gasteiger partial charge in [-0.05, 0) is 35.2 Å². The summed E-state index contributed by atoms with van der Waals surface area (Å²) in [4.78, 5) is 20.5. The molecule has 1 aliphatic carbocycles. The van der Waals surface area contributed by atoms with Gasteiger partial charge >= 0.3 is 5.97 Å². The van der Waals surface area contributed by atoms with E-state index in [-0.39, 0.29) is 17.8 Å². The molecule has 0 radical (unpaired) electrons. The number of ether oxygens (including phenoxy) is 1. The molecule has 1 fully saturated rings. The highest BCUT2D eigenvalue weighted by Gasteiger charge is 2.31. The van der Waals surface area contributed by atoms with Gasteiger partial charge in [-0.1, -0.05) is 18.0 Å². The predicted octanol–water partition coefficient (Wildman–Crippen LogP) is 3.59. The lowest BCUT2D eigenvalue weighted by Crippen LogP contribution is -2.24. The van der Waals surface area contributed by atoms with Gasteiger partial charge in [0.25, 0.3) is 0 Å². The number of nitrogens with zero attached hydrogens (tertiary/aromatic N) is 3. The molecule has 0 saturated heterocycles. The van der Waals surface area contributed by atoms with E-state index in [0.717, 1.165) is 37.0 Å². The quantitative estimate of drug-likeness (QED) is 0.756. The molecule has 0 spiro atoms. The zero-order chi connectivity index (χ0) is 15.0. The topological polar surface area (TPSA) is 56.5 Å². The van der Waals surface area contributed by atoms with Crippen LogP contribution in [0.4, 0.5) is 0 Å². The molecule has 21 heavy (non-hydrogen) atoms. The summed E-state index contributed by atoms with van der Waals surface area (Å²) >= 11 is 9.58. The highest BCUT2D eigenvalue weighted by Crippen LogP contribution is 2.38. The molecule has 0 aromatic carbocycles. The van der Waals surface area contributed by atoms with E-state index >= 15 is 0 Å². The Labute approximate surface area is 135 Å². The predicted molar refractivity (Wildman–Crippen MR) is 82.4 cm³/mol. The van der Waals surface area contributed by atoms with E-state index in [1.165, 1.54) is 7.11 Å². The number of carbonyl (C=O) groups is 1. The fraction of sp³-hybridized carbons (Fsp3) is 0.500. The first-order valence-electron chi connectivity index (χ1n) is 6.87. The number of hydrogen-bond acceptors (Lipinski definition) is 4. The van der Waals surface area contributed by atoms with Crippen molar-refractivity contribution >= 4 is 39.0 Å². The summed E-state index contributed by atoms with van der Waals surface area (Å²) in [5, 5.41) is 0.420. The largest absolute Gasteiger partial charge is 0.469 e. The van der Waals surface area contributed by atoms with Crippen LogP contribution in [0.25, 0.3) is 5.52 Å². The molecule has 2 heterocycles. The molecule has 0 bridgehead atoms. The van der Waals surface area contributed by atoms with Crippen molar-refractivity contribution in [2.45, 2.75) is 31.6 Å². The van der Waals surface area contributed by atoms with Gasteiger partial charge in [0.05, 0.1) is 13.0 Å². The Balaban J connectivity index is 1.97. The van der Waals surface area contributed by atoms with Crippen molar-refractivity contribution in [2.24, 2.45) is 5.92 Å². The number of methoxy groups -OCH3 is 1. The SMILES string of the molecule is COC(=O)C1CCCC(c2nc(Br)c3c(Cl)nccn23)C1. The van der Waals surface area contributed by atoms with Crippen LogP contribution in [-0.2, 0) is 9.53 Å². The van der Waals surface area contributed by atoms with Crippen LogP contribution in [0.1, 0.15) is 37.4 Å². The summed E-state index contributed by atoms with van der Waals surface area (Å²) in [5.74, 6) is 0.978. The molecular weight excluding hydrogens is 358 g/mol. The zero-order valence-electron chi connectivity index (χ0n) is 11.6. The number of hydrogen-bond donors (Lipinski definition) is 0. The minimum absolute atomic E-state index is 0.0443. The summed E-state index contributed by atoms with van der Waals surface area (Å²) in [6.07, 6.45) is 7.17. The zero-order valence-corrected chi connectivity index (χ0v) is 13.9. The highest BCUT2D eigenvalue weighted by atomic mass is 79.9. The third-order valence-electron chi connectivity index (χ3n) is 4.07. The van der Waals surface area contributed by atoms with Crippen LogP contribution in [0.2, 0.25) is 5.15 Å². The van der Waals surface area contributed by atoms with Crippen LogP contribution in [0.15, 0.2) is 17.0 Å². The van der Waals surface area contributed by atoms with Gasteiger partial charge in [0.15, 0.2) is 5.15 Å². The molecule has 1 aliphatic rings. The third-order valence-corrected chi connectivity index (χ3v) is 4.90. The second kappa shape index (κ2) is 5.93. The van der Waals surface area contributed by atoms with E-state index in [1.54, 1.807) is 6.20 Å². The average Bonchev–Trinajstić information content (AvgIpc) is 2.85. The van der Waals surface area contributed by atoms with E-state index in [1.807, 2.05) is 10.6 Å². The van der Waals surface area contributed by atoms with Crippen LogP contribution in [-0.4, -0.2) is 27.4 Å². The molecule has 2 aromatic rings. The maximum Gasteiger partial charge on any atom is 0.308 e. The first-order chi connectivity index (χ1) is 10.1. The lowest BCUT2D eigenvalue weighted by molar-refractivity contribution is -0.146. The normalized spacial score (nSPS) is 22.4. The van der Waals surface area contributed by atoms with Gasteiger partial charge in [-0.25, -0.2) is 9.97 Å². The molecule has 112 valence electrons. The Morgan fingerprint density at radius 1 is 1.52 bits per heavy atom. The smallest absolute Gasteiger partial charge is 0.308 e. The monoisotopic (exact) mass is 371 g/mol. The molecule has 1 saturated carbocycles. The summed E-state index contributed by atoms with van der Waals surface area (Å²) in [6.45, 7) is 0. The van der Waals surface area contributed by atoms with E-state index < -0.39 is 0 Å². The first-order valence-corrected chi connectivity index (χ1v) is 8.04. The van der Waals surface area contributed by atoms with Crippen molar-refractivity contribution in [3.63, 3.8) is 0 Å². The summed E-state index contributed by atoms with van der Waals surface area (Å²) < 4.78 is 7.53. The minimum atomic E-state index is -0.126. The van der Waals surface area contributed by atoms with Crippen molar-refractivity contribution in [2.75, 3.05) is 7.11 Å². The standard InChI is InChI=1S/C14H15BrClN3O2/c1-21-14(20)9-4-2-3-8(7-9)13-18-11(15)10-12(16)17-5-6-19(10)13/h5-6,8-9H,2-4,7H2,1H3. The Hall–Kier alpha value is -1.14. The maximum absolute atomic E-state index is 11.8. The molecule has 0 aliphatic heterocycles. The maximum atomic E-state index is 11.8. The highest BCUT2D eigenvalue weighted by molar-refractivity contribution is 9.10. The van der Waals surface area contributed by atoms with Gasteiger partial charge in [0.2, 0.25) is 0 Å². The van der Waals surface area contributed by atoms with E-state index in [9.17, 15) is 4.79 Å². The van der Waals surface area contributed by atoms with Gasteiger partial charge in [-0.3, -0.25) is 9.20 Å². The lowest BCUT2D eigenvalue weighted by atomic mass is 9.81. The van der Waals surface area contributed by atoms with Gasteiger partial charge < -0.3 is 4.74 Å². The van der Waals surface area contributed by atoms with Crippen LogP contribution < -0.4 is 0 Å².